The number of hydrogen-bond donors (Lipinski definition) is 3. The highest BCUT2D eigenvalue weighted by molar-refractivity contribution is 14.0. The van der Waals surface area contributed by atoms with Crippen LogP contribution in [0.4, 0.5) is 0 Å². The van der Waals surface area contributed by atoms with Crippen molar-refractivity contribution in [3.8, 4) is 5.75 Å². The fourth-order valence-corrected chi connectivity index (χ4v) is 2.98. The first-order valence-corrected chi connectivity index (χ1v) is 9.96. The van der Waals surface area contributed by atoms with Gasteiger partial charge in [0.05, 0.1) is 25.4 Å². The van der Waals surface area contributed by atoms with Gasteiger partial charge < -0.3 is 20.5 Å². The zero-order valence-electron chi connectivity index (χ0n) is 17.4. The number of benzene rings is 1. The lowest BCUT2D eigenvalue weighted by atomic mass is 9.96. The number of aromatic nitrogens is 2. The second kappa shape index (κ2) is 10.8. The van der Waals surface area contributed by atoms with Crippen LogP contribution in [0.2, 0.25) is 0 Å². The van der Waals surface area contributed by atoms with Gasteiger partial charge in [0.15, 0.2) is 5.96 Å². The monoisotopic (exact) mass is 513 g/mol. The number of ether oxygens (including phenoxy) is 1. The first-order valence-electron chi connectivity index (χ1n) is 9.96. The predicted octanol–water partition coefficient (Wildman–Crippen LogP) is 2.93. The second-order valence-electron chi connectivity index (χ2n) is 7.50. The van der Waals surface area contributed by atoms with Crippen molar-refractivity contribution >= 4 is 29.9 Å². The van der Waals surface area contributed by atoms with Gasteiger partial charge in [0.25, 0.3) is 0 Å². The molecule has 0 bridgehead atoms. The highest BCUT2D eigenvalue weighted by atomic mass is 127. The summed E-state index contributed by atoms with van der Waals surface area (Å²) in [4.78, 5) is 4.68. The Hall–Kier alpha value is -1.81. The van der Waals surface area contributed by atoms with E-state index in [9.17, 15) is 5.11 Å². The van der Waals surface area contributed by atoms with Gasteiger partial charge in [-0.25, -0.2) is 4.99 Å². The highest BCUT2D eigenvalue weighted by Gasteiger charge is 2.25. The SMILES string of the molecule is CCNC(=NCc1ccccc1OC1CCC1)NCC(C)(O)c1cnn(C)c1.I. The van der Waals surface area contributed by atoms with E-state index in [1.54, 1.807) is 17.8 Å². The molecule has 1 saturated carbocycles. The molecule has 0 amide bonds. The number of nitrogens with one attached hydrogen (secondary N) is 2. The van der Waals surface area contributed by atoms with Gasteiger partial charge in [0.1, 0.15) is 11.4 Å². The zero-order valence-corrected chi connectivity index (χ0v) is 19.7. The lowest BCUT2D eigenvalue weighted by Gasteiger charge is -2.27. The summed E-state index contributed by atoms with van der Waals surface area (Å²) >= 11 is 0. The summed E-state index contributed by atoms with van der Waals surface area (Å²) in [6.07, 6.45) is 7.35. The van der Waals surface area contributed by atoms with E-state index in [-0.39, 0.29) is 24.0 Å². The molecule has 0 spiro atoms. The Balaban J connectivity index is 0.00000300. The van der Waals surface area contributed by atoms with Crippen LogP contribution in [0.25, 0.3) is 0 Å². The van der Waals surface area contributed by atoms with Crippen LogP contribution < -0.4 is 15.4 Å². The zero-order chi connectivity index (χ0) is 20.0. The van der Waals surface area contributed by atoms with E-state index in [1.165, 1.54) is 6.42 Å². The maximum atomic E-state index is 10.8. The number of nitrogens with zero attached hydrogens (tertiary/aromatic N) is 3. The van der Waals surface area contributed by atoms with Gasteiger partial charge in [-0.15, -0.1) is 24.0 Å². The Bertz CT molecular complexity index is 802. The molecule has 1 atom stereocenters. The third-order valence-electron chi connectivity index (χ3n) is 5.00. The quantitative estimate of drug-likeness (QED) is 0.287. The third-order valence-corrected chi connectivity index (χ3v) is 5.00. The number of aliphatic imine (C=N–C) groups is 1. The van der Waals surface area contributed by atoms with Gasteiger partial charge in [0, 0.05) is 30.9 Å². The summed E-state index contributed by atoms with van der Waals surface area (Å²) in [6.45, 7) is 5.35. The van der Waals surface area contributed by atoms with Crippen molar-refractivity contribution in [2.24, 2.45) is 12.0 Å². The average Bonchev–Trinajstić information content (AvgIpc) is 3.09. The molecular weight excluding hydrogens is 481 g/mol. The van der Waals surface area contributed by atoms with Crippen molar-refractivity contribution in [1.82, 2.24) is 20.4 Å². The van der Waals surface area contributed by atoms with Crippen LogP contribution in [-0.4, -0.2) is 40.0 Å². The molecule has 0 saturated heterocycles. The van der Waals surface area contributed by atoms with Crippen molar-refractivity contribution in [3.05, 3.63) is 47.8 Å². The number of rotatable bonds is 8. The Morgan fingerprint density at radius 1 is 1.34 bits per heavy atom. The molecule has 1 aliphatic rings. The molecule has 7 nitrogen and oxygen atoms in total. The normalized spacial score (nSPS) is 16.3. The molecule has 1 aliphatic carbocycles. The number of para-hydroxylation sites is 1. The highest BCUT2D eigenvalue weighted by Crippen LogP contribution is 2.28. The first-order chi connectivity index (χ1) is 13.5. The number of guanidine groups is 1. The number of hydrogen-bond acceptors (Lipinski definition) is 4. The van der Waals surface area contributed by atoms with Gasteiger partial charge in [-0.05, 0) is 39.2 Å². The molecule has 3 rings (SSSR count). The lowest BCUT2D eigenvalue weighted by molar-refractivity contribution is 0.0616. The molecular formula is C21H32IN5O2. The largest absolute Gasteiger partial charge is 0.490 e. The number of aryl methyl sites for hydroxylation is 1. The molecule has 29 heavy (non-hydrogen) atoms. The van der Waals surface area contributed by atoms with Crippen LogP contribution in [-0.2, 0) is 19.2 Å². The summed E-state index contributed by atoms with van der Waals surface area (Å²) in [6, 6.07) is 8.06. The van der Waals surface area contributed by atoms with Crippen LogP contribution in [0, 0.1) is 0 Å². The molecule has 160 valence electrons. The van der Waals surface area contributed by atoms with Crippen LogP contribution in [0.3, 0.4) is 0 Å². The minimum absolute atomic E-state index is 0. The fourth-order valence-electron chi connectivity index (χ4n) is 2.98. The van der Waals surface area contributed by atoms with Crippen LogP contribution in [0.1, 0.15) is 44.2 Å². The van der Waals surface area contributed by atoms with Crippen LogP contribution in [0.5, 0.6) is 5.75 Å². The van der Waals surface area contributed by atoms with Crippen molar-refractivity contribution in [2.75, 3.05) is 13.1 Å². The molecule has 1 aromatic heterocycles. The van der Waals surface area contributed by atoms with E-state index in [4.69, 9.17) is 4.74 Å². The summed E-state index contributed by atoms with van der Waals surface area (Å²) in [5.74, 6) is 1.57. The summed E-state index contributed by atoms with van der Waals surface area (Å²) in [5, 5.41) is 21.4. The van der Waals surface area contributed by atoms with E-state index < -0.39 is 5.60 Å². The average molecular weight is 513 g/mol. The van der Waals surface area contributed by atoms with Crippen molar-refractivity contribution in [1.29, 1.82) is 0 Å². The standard InChI is InChI=1S/C21H31N5O2.HI/c1-4-22-20(24-15-21(2,27)17-13-25-26(3)14-17)23-12-16-8-5-6-11-19(16)28-18-9-7-10-18;/h5-6,8,11,13-14,18,27H,4,7,9-10,12,15H2,1-3H3,(H2,22,23,24);1H. The molecule has 1 aromatic carbocycles. The summed E-state index contributed by atoms with van der Waals surface area (Å²) in [5.41, 5.74) is 0.776. The predicted molar refractivity (Wildman–Crippen MR) is 126 cm³/mol. The number of halogens is 1. The van der Waals surface area contributed by atoms with E-state index in [0.717, 1.165) is 36.3 Å². The van der Waals surface area contributed by atoms with Gasteiger partial charge in [0.2, 0.25) is 0 Å². The van der Waals surface area contributed by atoms with E-state index in [0.29, 0.717) is 25.2 Å². The van der Waals surface area contributed by atoms with Crippen LogP contribution >= 0.6 is 24.0 Å². The van der Waals surface area contributed by atoms with Gasteiger partial charge in [-0.1, -0.05) is 18.2 Å². The van der Waals surface area contributed by atoms with Crippen molar-refractivity contribution in [2.45, 2.75) is 51.4 Å². The Morgan fingerprint density at radius 2 is 2.10 bits per heavy atom. The number of aliphatic hydroxyl groups is 1. The molecule has 1 fully saturated rings. The van der Waals surface area contributed by atoms with E-state index in [2.05, 4.69) is 20.7 Å². The topological polar surface area (TPSA) is 83.7 Å². The summed E-state index contributed by atoms with van der Waals surface area (Å²) < 4.78 is 7.77. The smallest absolute Gasteiger partial charge is 0.191 e. The molecule has 1 unspecified atom stereocenters. The van der Waals surface area contributed by atoms with Crippen molar-refractivity contribution < 1.29 is 9.84 Å². The lowest BCUT2D eigenvalue weighted by Crippen LogP contribution is -2.44. The first kappa shape index (κ1) is 23.5. The third kappa shape index (κ3) is 6.60. The molecule has 0 aliphatic heterocycles. The van der Waals surface area contributed by atoms with E-state index in [1.807, 2.05) is 44.4 Å². The maximum absolute atomic E-state index is 10.8. The van der Waals surface area contributed by atoms with E-state index >= 15 is 0 Å². The van der Waals surface area contributed by atoms with Gasteiger partial charge in [-0.2, -0.15) is 5.10 Å². The Kier molecular flexibility index (Phi) is 8.76. The Labute approximate surface area is 190 Å². The Morgan fingerprint density at radius 3 is 2.72 bits per heavy atom. The second-order valence-corrected chi connectivity index (χ2v) is 7.50. The molecule has 0 radical (unpaired) electrons. The molecule has 2 aromatic rings. The fraction of sp³-hybridized carbons (Fsp3) is 0.524. The van der Waals surface area contributed by atoms with Crippen molar-refractivity contribution in [3.63, 3.8) is 0 Å². The molecule has 1 heterocycles. The molecule has 8 heteroatoms. The summed E-state index contributed by atoms with van der Waals surface area (Å²) in [7, 11) is 1.83. The van der Waals surface area contributed by atoms with Gasteiger partial charge >= 0.3 is 0 Å². The minimum atomic E-state index is -1.05. The maximum Gasteiger partial charge on any atom is 0.191 e. The minimum Gasteiger partial charge on any atom is -0.490 e. The molecule has 3 N–H and O–H groups in total. The van der Waals surface area contributed by atoms with Crippen LogP contribution in [0.15, 0.2) is 41.7 Å². The van der Waals surface area contributed by atoms with Gasteiger partial charge in [-0.3, -0.25) is 4.68 Å².